The molecule has 33 heavy (non-hydrogen) atoms. The van der Waals surface area contributed by atoms with Gasteiger partial charge >= 0.3 is 7.82 Å². The summed E-state index contributed by atoms with van der Waals surface area (Å²) in [7, 11) is -3.65. The highest BCUT2D eigenvalue weighted by Crippen LogP contribution is 2.63. The zero-order valence-corrected chi connectivity index (χ0v) is 21.5. The average Bonchev–Trinajstić information content (AvgIpc) is 2.70. The van der Waals surface area contributed by atoms with Crippen molar-refractivity contribution >= 4 is 7.82 Å². The van der Waals surface area contributed by atoms with Crippen LogP contribution in [0.2, 0.25) is 0 Å². The van der Waals surface area contributed by atoms with Gasteiger partial charge in [-0.05, 0) is 143 Å². The molecule has 188 valence electrons. The second kappa shape index (κ2) is 8.87. The van der Waals surface area contributed by atoms with Crippen LogP contribution in [-0.2, 0) is 18.1 Å². The first-order valence-electron chi connectivity index (χ1n) is 14.0. The highest BCUT2D eigenvalue weighted by Gasteiger charge is 2.52. The molecule has 0 aromatic carbocycles. The molecule has 5 nitrogen and oxygen atoms in total. The van der Waals surface area contributed by atoms with Crippen molar-refractivity contribution in [3.63, 3.8) is 0 Å². The second-order valence-corrected chi connectivity index (χ2v) is 15.3. The molecule has 0 aliphatic heterocycles. The van der Waals surface area contributed by atoms with Crippen LogP contribution in [0.25, 0.3) is 0 Å². The van der Waals surface area contributed by atoms with E-state index >= 15 is 0 Å². The molecule has 0 aromatic rings. The number of aliphatic hydroxyl groups excluding tert-OH is 1. The predicted octanol–water partition coefficient (Wildman–Crippen LogP) is 6.74. The third kappa shape index (κ3) is 5.01. The van der Waals surface area contributed by atoms with E-state index in [0.717, 1.165) is 48.3 Å². The van der Waals surface area contributed by atoms with Crippen molar-refractivity contribution in [2.24, 2.45) is 46.3 Å². The summed E-state index contributed by atoms with van der Waals surface area (Å²) < 4.78 is 31.0. The Labute approximate surface area is 200 Å². The van der Waals surface area contributed by atoms with Crippen LogP contribution in [0, 0.1) is 46.3 Å². The van der Waals surface area contributed by atoms with Crippen LogP contribution in [0.3, 0.4) is 0 Å². The molecule has 8 fully saturated rings. The van der Waals surface area contributed by atoms with Crippen LogP contribution in [0.4, 0.5) is 0 Å². The van der Waals surface area contributed by atoms with Gasteiger partial charge in [0.15, 0.2) is 0 Å². The normalized spacial score (nSPS) is 47.7. The minimum Gasteiger partial charge on any atom is -0.391 e. The number of phosphoric acid groups is 1. The monoisotopic (exact) mass is 480 g/mol. The number of rotatable bonds is 11. The Bertz CT molecular complexity index is 639. The fourth-order valence-electron chi connectivity index (χ4n) is 10.3. The number of phosphoric ester groups is 1. The summed E-state index contributed by atoms with van der Waals surface area (Å²) in [6.07, 6.45) is 17.8. The lowest BCUT2D eigenvalue weighted by Crippen LogP contribution is -2.46. The summed E-state index contributed by atoms with van der Waals surface area (Å²) in [6, 6.07) is 0. The number of hydrogen-bond donors (Lipinski definition) is 1. The Balaban J connectivity index is 1.04. The van der Waals surface area contributed by atoms with Gasteiger partial charge in [-0.1, -0.05) is 0 Å². The third-order valence-electron chi connectivity index (χ3n) is 10.6. The van der Waals surface area contributed by atoms with E-state index in [1.807, 2.05) is 0 Å². The second-order valence-electron chi connectivity index (χ2n) is 13.6. The van der Waals surface area contributed by atoms with Crippen molar-refractivity contribution < 1.29 is 23.2 Å². The lowest BCUT2D eigenvalue weighted by molar-refractivity contribution is -0.0681. The van der Waals surface area contributed by atoms with Gasteiger partial charge in [0.1, 0.15) is 0 Å². The van der Waals surface area contributed by atoms with Gasteiger partial charge in [-0.3, -0.25) is 13.6 Å². The zero-order valence-electron chi connectivity index (χ0n) is 20.6. The van der Waals surface area contributed by atoms with E-state index in [-0.39, 0.29) is 6.61 Å². The van der Waals surface area contributed by atoms with Crippen molar-refractivity contribution in [2.75, 3.05) is 19.8 Å². The molecule has 8 saturated carbocycles. The van der Waals surface area contributed by atoms with Crippen LogP contribution in [0.5, 0.6) is 0 Å². The SMILES string of the molecule is CC(O)COP(=O)(OCCC12CC3CC(CC(C3)C1)C2)OCCC12CC3CC(CC(C3)C1)C2. The zero-order chi connectivity index (χ0) is 22.7. The first-order chi connectivity index (χ1) is 15.8. The first kappa shape index (κ1) is 23.5. The van der Waals surface area contributed by atoms with Crippen molar-refractivity contribution in [3.05, 3.63) is 0 Å². The highest BCUT2D eigenvalue weighted by molar-refractivity contribution is 7.48. The van der Waals surface area contributed by atoms with Crippen LogP contribution in [0.15, 0.2) is 0 Å². The van der Waals surface area contributed by atoms with Crippen LogP contribution >= 0.6 is 7.82 Å². The van der Waals surface area contributed by atoms with Gasteiger partial charge in [-0.25, -0.2) is 4.57 Å². The van der Waals surface area contributed by atoms with Gasteiger partial charge in [0.25, 0.3) is 0 Å². The Kier molecular flexibility index (Phi) is 6.31. The fourth-order valence-corrected chi connectivity index (χ4v) is 11.5. The molecule has 8 rings (SSSR count). The standard InChI is InChI=1S/C27H45O5P/c1-19(28)18-32-33(29,30-4-2-26-12-20-6-21(13-26)8-22(7-20)14-26)31-5-3-27-15-23-9-24(16-27)11-25(10-23)17-27/h19-25,28H,2-18H2,1H3. The first-order valence-corrected chi connectivity index (χ1v) is 15.5. The predicted molar refractivity (Wildman–Crippen MR) is 128 cm³/mol. The van der Waals surface area contributed by atoms with E-state index in [4.69, 9.17) is 13.6 Å². The Morgan fingerprint density at radius 2 is 1.03 bits per heavy atom. The molecule has 0 aromatic heterocycles. The molecule has 6 heteroatoms. The Morgan fingerprint density at radius 3 is 1.33 bits per heavy atom. The van der Waals surface area contributed by atoms with Gasteiger partial charge in [0.2, 0.25) is 0 Å². The van der Waals surface area contributed by atoms with E-state index in [1.165, 1.54) is 77.0 Å². The molecule has 1 N–H and O–H groups in total. The topological polar surface area (TPSA) is 65.0 Å². The maximum Gasteiger partial charge on any atom is 0.474 e. The summed E-state index contributed by atoms with van der Waals surface area (Å²) in [4.78, 5) is 0. The van der Waals surface area contributed by atoms with Crippen LogP contribution < -0.4 is 0 Å². The lowest BCUT2D eigenvalue weighted by atomic mass is 9.49. The number of hydrogen-bond acceptors (Lipinski definition) is 5. The summed E-state index contributed by atoms with van der Waals surface area (Å²) in [5.74, 6) is 5.45. The van der Waals surface area contributed by atoms with Gasteiger partial charge in [-0.2, -0.15) is 0 Å². The smallest absolute Gasteiger partial charge is 0.391 e. The molecule has 8 bridgehead atoms. The Morgan fingerprint density at radius 1 is 0.697 bits per heavy atom. The maximum absolute atomic E-state index is 13.5. The van der Waals surface area contributed by atoms with Crippen molar-refractivity contribution in [1.82, 2.24) is 0 Å². The minimum absolute atomic E-state index is 0.00793. The molecule has 1 atom stereocenters. The van der Waals surface area contributed by atoms with Crippen molar-refractivity contribution in [2.45, 2.75) is 103 Å². The molecule has 0 amide bonds. The average molecular weight is 481 g/mol. The maximum atomic E-state index is 13.5. The van der Waals surface area contributed by atoms with E-state index in [1.54, 1.807) is 6.92 Å². The quantitative estimate of drug-likeness (QED) is 0.332. The molecule has 1 unspecified atom stereocenters. The fraction of sp³-hybridized carbons (Fsp3) is 1.00. The van der Waals surface area contributed by atoms with Crippen LogP contribution in [-0.4, -0.2) is 31.0 Å². The molecule has 0 heterocycles. The van der Waals surface area contributed by atoms with E-state index in [9.17, 15) is 9.67 Å². The largest absolute Gasteiger partial charge is 0.474 e. The molecule has 8 aliphatic carbocycles. The van der Waals surface area contributed by atoms with Crippen LogP contribution in [0.1, 0.15) is 96.8 Å². The van der Waals surface area contributed by atoms with E-state index in [2.05, 4.69) is 0 Å². The van der Waals surface area contributed by atoms with Gasteiger partial charge < -0.3 is 5.11 Å². The van der Waals surface area contributed by atoms with Crippen molar-refractivity contribution in [1.29, 1.82) is 0 Å². The summed E-state index contributed by atoms with van der Waals surface area (Å²) in [5.41, 5.74) is 0.784. The minimum atomic E-state index is -3.65. The van der Waals surface area contributed by atoms with Gasteiger partial charge in [0, 0.05) is 0 Å². The molecule has 8 aliphatic rings. The summed E-state index contributed by atoms with van der Waals surface area (Å²) >= 11 is 0. The molecular formula is C27H45O5P. The molecular weight excluding hydrogens is 435 g/mol. The van der Waals surface area contributed by atoms with E-state index < -0.39 is 13.9 Å². The third-order valence-corrected chi connectivity index (χ3v) is 12.0. The van der Waals surface area contributed by atoms with Gasteiger partial charge in [0.05, 0.1) is 25.9 Å². The Hall–Kier alpha value is 0.0700. The molecule has 0 saturated heterocycles. The highest BCUT2D eigenvalue weighted by atomic mass is 31.2. The lowest BCUT2D eigenvalue weighted by Gasteiger charge is -2.57. The van der Waals surface area contributed by atoms with Gasteiger partial charge in [-0.15, -0.1) is 0 Å². The molecule has 0 radical (unpaired) electrons. The summed E-state index contributed by atoms with van der Waals surface area (Å²) in [6.45, 7) is 2.53. The molecule has 0 spiro atoms. The van der Waals surface area contributed by atoms with E-state index in [0.29, 0.717) is 24.0 Å². The summed E-state index contributed by atoms with van der Waals surface area (Å²) in [5, 5.41) is 9.72. The van der Waals surface area contributed by atoms with Crippen molar-refractivity contribution in [3.8, 4) is 0 Å². The number of aliphatic hydroxyl groups is 1.